The Labute approximate surface area is 84.8 Å². The molecule has 2 rings (SSSR count). The molecule has 0 bridgehead atoms. The monoisotopic (exact) mass is 210 g/mol. The van der Waals surface area contributed by atoms with Gasteiger partial charge in [-0.15, -0.1) is 11.3 Å². The molecule has 5 heteroatoms. The minimum absolute atomic E-state index is 0.143. The van der Waals surface area contributed by atoms with E-state index in [4.69, 9.17) is 5.11 Å². The number of carboxylic acid groups (broad SMARTS) is 1. The largest absolute Gasteiger partial charge is 0.481 e. The number of aryl methyl sites for hydroxylation is 2. The first-order chi connectivity index (χ1) is 6.65. The number of hydrogen-bond donors (Lipinski definition) is 1. The summed E-state index contributed by atoms with van der Waals surface area (Å²) in [7, 11) is 0. The Kier molecular flexibility index (Phi) is 2.25. The molecule has 0 spiro atoms. The molecule has 2 aromatic heterocycles. The molecule has 4 nitrogen and oxygen atoms in total. The fourth-order valence-electron chi connectivity index (χ4n) is 1.31. The van der Waals surface area contributed by atoms with Gasteiger partial charge in [0.2, 0.25) is 0 Å². The van der Waals surface area contributed by atoms with Gasteiger partial charge in [-0.1, -0.05) is 0 Å². The highest BCUT2D eigenvalue weighted by molar-refractivity contribution is 7.16. The van der Waals surface area contributed by atoms with E-state index in [0.29, 0.717) is 6.42 Å². The van der Waals surface area contributed by atoms with Gasteiger partial charge >= 0.3 is 5.97 Å². The van der Waals surface area contributed by atoms with E-state index in [1.165, 1.54) is 4.88 Å². The molecule has 0 amide bonds. The van der Waals surface area contributed by atoms with Crippen LogP contribution >= 0.6 is 11.3 Å². The van der Waals surface area contributed by atoms with Crippen LogP contribution in [-0.2, 0) is 11.2 Å². The van der Waals surface area contributed by atoms with Gasteiger partial charge in [0.25, 0.3) is 0 Å². The molecule has 0 fully saturated rings. The van der Waals surface area contributed by atoms with Gasteiger partial charge < -0.3 is 5.11 Å². The van der Waals surface area contributed by atoms with Gasteiger partial charge in [-0.2, -0.15) is 0 Å². The van der Waals surface area contributed by atoms with Gasteiger partial charge in [-0.3, -0.25) is 9.20 Å². The summed E-state index contributed by atoms with van der Waals surface area (Å²) in [5.41, 5.74) is 0.846. The predicted octanol–water partition coefficient (Wildman–Crippen LogP) is 1.72. The lowest BCUT2D eigenvalue weighted by molar-refractivity contribution is -0.136. The van der Waals surface area contributed by atoms with Crippen LogP contribution in [0.2, 0.25) is 0 Å². The Morgan fingerprint density at radius 3 is 3.07 bits per heavy atom. The van der Waals surface area contributed by atoms with Crippen LogP contribution in [0.3, 0.4) is 0 Å². The Morgan fingerprint density at radius 2 is 2.43 bits per heavy atom. The van der Waals surface area contributed by atoms with E-state index in [1.54, 1.807) is 11.3 Å². The van der Waals surface area contributed by atoms with Crippen LogP contribution in [-0.4, -0.2) is 20.5 Å². The van der Waals surface area contributed by atoms with Gasteiger partial charge in [-0.05, 0) is 6.92 Å². The van der Waals surface area contributed by atoms with Gasteiger partial charge in [0, 0.05) is 23.7 Å². The third-order valence-corrected chi connectivity index (χ3v) is 2.83. The summed E-state index contributed by atoms with van der Waals surface area (Å²) < 4.78 is 1.94. The van der Waals surface area contributed by atoms with Gasteiger partial charge in [-0.25, -0.2) is 4.98 Å². The quantitative estimate of drug-likeness (QED) is 0.839. The highest BCUT2D eigenvalue weighted by atomic mass is 32.1. The van der Waals surface area contributed by atoms with Crippen LogP contribution < -0.4 is 0 Å². The maximum Gasteiger partial charge on any atom is 0.303 e. The Morgan fingerprint density at radius 1 is 1.64 bits per heavy atom. The van der Waals surface area contributed by atoms with Crippen molar-refractivity contribution in [3.05, 3.63) is 23.0 Å². The van der Waals surface area contributed by atoms with Crippen molar-refractivity contribution in [1.82, 2.24) is 9.38 Å². The number of rotatable bonds is 3. The fourth-order valence-corrected chi connectivity index (χ4v) is 2.14. The normalized spacial score (nSPS) is 10.9. The maximum absolute atomic E-state index is 10.3. The molecule has 0 radical (unpaired) electrons. The van der Waals surface area contributed by atoms with Crippen LogP contribution in [0, 0.1) is 6.92 Å². The summed E-state index contributed by atoms with van der Waals surface area (Å²) >= 11 is 1.61. The van der Waals surface area contributed by atoms with Crippen LogP contribution in [0.5, 0.6) is 0 Å². The lowest BCUT2D eigenvalue weighted by Gasteiger charge is -1.89. The Balaban J connectivity index is 2.19. The van der Waals surface area contributed by atoms with Crippen molar-refractivity contribution in [2.75, 3.05) is 0 Å². The number of hydrogen-bond acceptors (Lipinski definition) is 3. The summed E-state index contributed by atoms with van der Waals surface area (Å²) in [6.07, 6.45) is 4.53. The topological polar surface area (TPSA) is 54.6 Å². The fraction of sp³-hybridized carbons (Fsp3) is 0.333. The molecule has 0 atom stereocenters. The first-order valence-electron chi connectivity index (χ1n) is 4.31. The first-order valence-corrected chi connectivity index (χ1v) is 5.12. The van der Waals surface area contributed by atoms with Crippen molar-refractivity contribution in [3.8, 4) is 0 Å². The molecule has 1 N–H and O–H groups in total. The van der Waals surface area contributed by atoms with Gasteiger partial charge in [0.05, 0.1) is 12.1 Å². The van der Waals surface area contributed by atoms with Crippen molar-refractivity contribution < 1.29 is 9.90 Å². The lowest BCUT2D eigenvalue weighted by atomic mass is 10.2. The zero-order valence-electron chi connectivity index (χ0n) is 7.73. The number of carboxylic acids is 1. The van der Waals surface area contributed by atoms with Crippen molar-refractivity contribution in [1.29, 1.82) is 0 Å². The standard InChI is InChI=1S/C9H10N2O2S/c1-6-4-11-5-7(2-3-8(12)13)10-9(11)14-6/h4-5H,2-3H2,1H3,(H,12,13). The van der Waals surface area contributed by atoms with E-state index < -0.39 is 5.97 Å². The summed E-state index contributed by atoms with van der Waals surface area (Å²) in [6.45, 7) is 2.02. The number of thiazole rings is 1. The number of carbonyl (C=O) groups is 1. The molecule has 0 aliphatic rings. The molecule has 0 aromatic carbocycles. The number of aromatic nitrogens is 2. The third kappa shape index (κ3) is 1.77. The van der Waals surface area contributed by atoms with Crippen LogP contribution in [0.25, 0.3) is 4.96 Å². The Bertz CT molecular complexity index is 441. The van der Waals surface area contributed by atoms with Crippen molar-refractivity contribution in [2.45, 2.75) is 19.8 Å². The second kappa shape index (κ2) is 3.42. The van der Waals surface area contributed by atoms with Gasteiger partial charge in [0.1, 0.15) is 0 Å². The molecule has 14 heavy (non-hydrogen) atoms. The zero-order valence-corrected chi connectivity index (χ0v) is 8.54. The van der Waals surface area contributed by atoms with E-state index in [-0.39, 0.29) is 6.42 Å². The second-order valence-electron chi connectivity index (χ2n) is 3.16. The highest BCUT2D eigenvalue weighted by Crippen LogP contribution is 2.17. The molecule has 0 aliphatic carbocycles. The lowest BCUT2D eigenvalue weighted by Crippen LogP contribution is -1.97. The first kappa shape index (κ1) is 9.21. The summed E-state index contributed by atoms with van der Waals surface area (Å²) in [5.74, 6) is -0.780. The summed E-state index contributed by atoms with van der Waals surface area (Å²) in [5, 5.41) is 8.51. The van der Waals surface area contributed by atoms with E-state index in [1.807, 2.05) is 23.7 Å². The predicted molar refractivity (Wildman–Crippen MR) is 53.8 cm³/mol. The number of fused-ring (bicyclic) bond motifs is 1. The molecule has 0 aliphatic heterocycles. The number of aliphatic carboxylic acids is 1. The average molecular weight is 210 g/mol. The summed E-state index contributed by atoms with van der Waals surface area (Å²) in [6, 6.07) is 0. The molecule has 0 saturated carbocycles. The van der Waals surface area contributed by atoms with E-state index >= 15 is 0 Å². The van der Waals surface area contributed by atoms with Crippen LogP contribution in [0.15, 0.2) is 12.4 Å². The minimum atomic E-state index is -0.780. The number of imidazole rings is 1. The van der Waals surface area contributed by atoms with E-state index in [0.717, 1.165) is 10.7 Å². The number of nitrogens with zero attached hydrogens (tertiary/aromatic N) is 2. The van der Waals surface area contributed by atoms with Gasteiger partial charge in [0.15, 0.2) is 4.96 Å². The van der Waals surface area contributed by atoms with Crippen LogP contribution in [0.4, 0.5) is 0 Å². The molecule has 2 aromatic rings. The molecule has 2 heterocycles. The van der Waals surface area contributed by atoms with E-state index in [2.05, 4.69) is 4.98 Å². The second-order valence-corrected chi connectivity index (χ2v) is 4.37. The summed E-state index contributed by atoms with van der Waals surface area (Å²) in [4.78, 5) is 16.8. The van der Waals surface area contributed by atoms with Crippen molar-refractivity contribution in [2.24, 2.45) is 0 Å². The minimum Gasteiger partial charge on any atom is -0.481 e. The highest BCUT2D eigenvalue weighted by Gasteiger charge is 2.05. The van der Waals surface area contributed by atoms with Crippen LogP contribution in [0.1, 0.15) is 17.0 Å². The average Bonchev–Trinajstić information content (AvgIpc) is 2.57. The molecule has 74 valence electrons. The Hall–Kier alpha value is -1.36. The molecular formula is C9H10N2O2S. The third-order valence-electron chi connectivity index (χ3n) is 1.92. The van der Waals surface area contributed by atoms with E-state index in [9.17, 15) is 4.79 Å². The van der Waals surface area contributed by atoms with Crippen molar-refractivity contribution >= 4 is 22.3 Å². The maximum atomic E-state index is 10.3. The zero-order chi connectivity index (χ0) is 10.1. The van der Waals surface area contributed by atoms with Crippen molar-refractivity contribution in [3.63, 3.8) is 0 Å². The molecule has 0 unspecified atom stereocenters. The molecular weight excluding hydrogens is 200 g/mol. The SMILES string of the molecule is Cc1cn2cc(CCC(=O)O)nc2s1. The molecule has 0 saturated heterocycles. The smallest absolute Gasteiger partial charge is 0.303 e.